The fraction of sp³-hybridized carbons (Fsp3) is 0.172. The molecule has 0 spiro atoms. The van der Waals surface area contributed by atoms with E-state index < -0.39 is 5.97 Å². The number of thiocarbonyl (C=S) groups is 1. The van der Waals surface area contributed by atoms with Crippen LogP contribution < -0.4 is 15.5 Å². The van der Waals surface area contributed by atoms with Crippen LogP contribution in [0.1, 0.15) is 33.9 Å². The monoisotopic (exact) mass is 542 g/mol. The summed E-state index contributed by atoms with van der Waals surface area (Å²) >= 11 is 5.78. The molecule has 1 aliphatic heterocycles. The molecule has 2 aromatic carbocycles. The van der Waals surface area contributed by atoms with Crippen LogP contribution in [0, 0.1) is 0 Å². The molecule has 198 valence electrons. The van der Waals surface area contributed by atoms with E-state index in [-0.39, 0.29) is 24.6 Å². The average Bonchev–Trinajstić information content (AvgIpc) is 3.58. The third-order valence-electron chi connectivity index (χ3n) is 6.31. The molecule has 2 aromatic heterocycles. The van der Waals surface area contributed by atoms with Gasteiger partial charge < -0.3 is 29.4 Å². The number of pyridine rings is 1. The summed E-state index contributed by atoms with van der Waals surface area (Å²) < 4.78 is 16.1. The van der Waals surface area contributed by atoms with Crippen molar-refractivity contribution in [3.63, 3.8) is 0 Å². The van der Waals surface area contributed by atoms with E-state index in [0.717, 1.165) is 16.9 Å². The lowest BCUT2D eigenvalue weighted by Gasteiger charge is -2.26. The van der Waals surface area contributed by atoms with Gasteiger partial charge in [0.05, 0.1) is 24.4 Å². The summed E-state index contributed by atoms with van der Waals surface area (Å²) in [6.07, 6.45) is 1.74. The number of nitrogens with zero attached hydrogens (tertiary/aromatic N) is 2. The quantitative estimate of drug-likeness (QED) is 0.238. The lowest BCUT2D eigenvalue weighted by Crippen LogP contribution is -2.29. The van der Waals surface area contributed by atoms with Gasteiger partial charge in [-0.25, -0.2) is 4.79 Å². The summed E-state index contributed by atoms with van der Waals surface area (Å²) in [5, 5.41) is 6.72. The molecule has 0 saturated carbocycles. The van der Waals surface area contributed by atoms with Crippen LogP contribution in [0.25, 0.3) is 11.3 Å². The van der Waals surface area contributed by atoms with Crippen LogP contribution in [0.5, 0.6) is 0 Å². The summed E-state index contributed by atoms with van der Waals surface area (Å²) in [6.45, 7) is -0.0258. The predicted molar refractivity (Wildman–Crippen MR) is 150 cm³/mol. The number of carbonyl (C=O) groups excluding carboxylic acids is 2. The van der Waals surface area contributed by atoms with E-state index in [0.29, 0.717) is 27.9 Å². The Balaban J connectivity index is 1.48. The van der Waals surface area contributed by atoms with E-state index in [1.165, 1.54) is 14.2 Å². The molecule has 0 radical (unpaired) electrons. The number of nitrogens with one attached hydrogen (secondary N) is 2. The smallest absolute Gasteiger partial charge is 0.337 e. The fourth-order valence-corrected chi connectivity index (χ4v) is 4.86. The van der Waals surface area contributed by atoms with E-state index >= 15 is 0 Å². The molecule has 10 heteroatoms. The number of furan rings is 1. The number of anilines is 2. The van der Waals surface area contributed by atoms with Gasteiger partial charge in [0.25, 0.3) is 0 Å². The molecule has 5 rings (SSSR count). The average molecular weight is 543 g/mol. The molecule has 1 fully saturated rings. The Kier molecular flexibility index (Phi) is 7.67. The number of aromatic nitrogens is 1. The van der Waals surface area contributed by atoms with Crippen molar-refractivity contribution in [2.45, 2.75) is 12.1 Å². The highest BCUT2D eigenvalue weighted by Crippen LogP contribution is 2.43. The summed E-state index contributed by atoms with van der Waals surface area (Å²) in [5.41, 5.74) is 3.56. The third kappa shape index (κ3) is 5.52. The van der Waals surface area contributed by atoms with Gasteiger partial charge in [0.2, 0.25) is 5.91 Å². The van der Waals surface area contributed by atoms with Crippen molar-refractivity contribution in [2.75, 3.05) is 31.0 Å². The minimum atomic E-state index is -0.398. The molecule has 0 bridgehead atoms. The molecule has 2 atom stereocenters. The first-order valence-electron chi connectivity index (χ1n) is 12.2. The van der Waals surface area contributed by atoms with Gasteiger partial charge in [-0.2, -0.15) is 0 Å². The zero-order valence-electron chi connectivity index (χ0n) is 21.3. The van der Waals surface area contributed by atoms with Crippen LogP contribution in [0.3, 0.4) is 0 Å². The van der Waals surface area contributed by atoms with Crippen molar-refractivity contribution in [1.29, 1.82) is 0 Å². The first kappa shape index (κ1) is 26.1. The maximum Gasteiger partial charge on any atom is 0.337 e. The Bertz CT molecular complexity index is 1470. The molecule has 3 heterocycles. The van der Waals surface area contributed by atoms with Crippen molar-refractivity contribution in [3.8, 4) is 11.3 Å². The summed E-state index contributed by atoms with van der Waals surface area (Å²) in [7, 11) is 2.82. The Morgan fingerprint density at radius 1 is 1.03 bits per heavy atom. The van der Waals surface area contributed by atoms with E-state index in [1.54, 1.807) is 18.3 Å². The molecule has 0 aliphatic carbocycles. The zero-order chi connectivity index (χ0) is 27.4. The van der Waals surface area contributed by atoms with Crippen LogP contribution >= 0.6 is 12.2 Å². The first-order valence-corrected chi connectivity index (χ1v) is 12.6. The zero-order valence-corrected chi connectivity index (χ0v) is 22.1. The number of ether oxygens (including phenoxy) is 2. The SMILES string of the molecule is COCC(=O)Nc1ccc(N2C(=S)N[C@@H](c3ccccn3)[C@@H]2c2ccc(-c3ccc(C(=O)OC)cc3)o2)cc1. The molecular weight excluding hydrogens is 516 g/mol. The van der Waals surface area contributed by atoms with Gasteiger partial charge in [0.15, 0.2) is 5.11 Å². The fourth-order valence-electron chi connectivity index (χ4n) is 4.51. The molecule has 0 unspecified atom stereocenters. The van der Waals surface area contributed by atoms with Gasteiger partial charge in [-0.05, 0) is 72.9 Å². The number of amides is 1. The number of rotatable bonds is 8. The van der Waals surface area contributed by atoms with E-state index in [9.17, 15) is 9.59 Å². The number of hydrogen-bond acceptors (Lipinski definition) is 7. The lowest BCUT2D eigenvalue weighted by molar-refractivity contribution is -0.119. The molecule has 1 amide bonds. The van der Waals surface area contributed by atoms with E-state index in [1.807, 2.05) is 71.6 Å². The van der Waals surface area contributed by atoms with Gasteiger partial charge in [-0.15, -0.1) is 0 Å². The lowest BCUT2D eigenvalue weighted by atomic mass is 10.0. The molecule has 1 saturated heterocycles. The second kappa shape index (κ2) is 11.5. The molecule has 9 nitrogen and oxygen atoms in total. The second-order valence-corrected chi connectivity index (χ2v) is 9.18. The maximum absolute atomic E-state index is 11.9. The number of benzene rings is 2. The summed E-state index contributed by atoms with van der Waals surface area (Å²) in [4.78, 5) is 30.3. The Morgan fingerprint density at radius 2 is 1.79 bits per heavy atom. The predicted octanol–water partition coefficient (Wildman–Crippen LogP) is 4.89. The van der Waals surface area contributed by atoms with Gasteiger partial charge in [-0.1, -0.05) is 18.2 Å². The van der Waals surface area contributed by atoms with Crippen molar-refractivity contribution in [1.82, 2.24) is 10.3 Å². The minimum absolute atomic E-state index is 0.0258. The van der Waals surface area contributed by atoms with E-state index in [4.69, 9.17) is 26.1 Å². The van der Waals surface area contributed by atoms with Gasteiger partial charge in [0, 0.05) is 30.2 Å². The molecule has 2 N–H and O–H groups in total. The van der Waals surface area contributed by atoms with Gasteiger partial charge in [0.1, 0.15) is 24.2 Å². The van der Waals surface area contributed by atoms with Gasteiger partial charge in [-0.3, -0.25) is 9.78 Å². The maximum atomic E-state index is 11.9. The molecule has 4 aromatic rings. The third-order valence-corrected chi connectivity index (χ3v) is 6.63. The van der Waals surface area contributed by atoms with Crippen molar-refractivity contribution < 1.29 is 23.5 Å². The Hall–Kier alpha value is -4.54. The Morgan fingerprint density at radius 3 is 2.46 bits per heavy atom. The highest BCUT2D eigenvalue weighted by molar-refractivity contribution is 7.80. The van der Waals surface area contributed by atoms with Crippen molar-refractivity contribution in [3.05, 3.63) is 102 Å². The highest BCUT2D eigenvalue weighted by Gasteiger charge is 2.42. The largest absolute Gasteiger partial charge is 0.465 e. The van der Waals surface area contributed by atoms with Crippen LogP contribution in [0.4, 0.5) is 11.4 Å². The second-order valence-electron chi connectivity index (χ2n) is 8.80. The summed E-state index contributed by atoms with van der Waals surface area (Å²) in [6, 6.07) is 23.4. The molecular formula is C29H26N4O5S. The normalized spacial score (nSPS) is 16.6. The number of hydrogen-bond donors (Lipinski definition) is 2. The summed E-state index contributed by atoms with van der Waals surface area (Å²) in [5.74, 6) is 0.697. The Labute approximate surface area is 230 Å². The topological polar surface area (TPSA) is 106 Å². The minimum Gasteiger partial charge on any atom is -0.465 e. The first-order chi connectivity index (χ1) is 19.0. The van der Waals surface area contributed by atoms with Crippen molar-refractivity contribution in [2.24, 2.45) is 0 Å². The number of esters is 1. The molecule has 39 heavy (non-hydrogen) atoms. The van der Waals surface area contributed by atoms with Gasteiger partial charge >= 0.3 is 5.97 Å². The van der Waals surface area contributed by atoms with Crippen molar-refractivity contribution >= 4 is 40.6 Å². The van der Waals surface area contributed by atoms with Crippen LogP contribution in [-0.2, 0) is 14.3 Å². The van der Waals surface area contributed by atoms with Crippen LogP contribution in [0.2, 0.25) is 0 Å². The molecule has 1 aliphatic rings. The standard InChI is InChI=1S/C29H26N4O5S/c1-36-17-25(34)31-20-10-12-21(13-11-20)33-27(26(32-29(33)39)22-5-3-4-16-30-22)24-15-14-23(38-24)18-6-8-19(9-7-18)28(35)37-2/h3-16,26-27H,17H2,1-2H3,(H,31,34)(H,32,39)/t26-,27-/m0/s1. The van der Waals surface area contributed by atoms with Crippen LogP contribution in [0.15, 0.2) is 89.5 Å². The number of methoxy groups -OCH3 is 2. The highest BCUT2D eigenvalue weighted by atomic mass is 32.1. The van der Waals surface area contributed by atoms with Crippen LogP contribution in [-0.4, -0.2) is 42.8 Å². The van der Waals surface area contributed by atoms with E-state index in [2.05, 4.69) is 15.6 Å². The number of carbonyl (C=O) groups is 2.